The molecule has 5 nitrogen and oxygen atoms in total. The average molecular weight is 271 g/mol. The molecule has 0 aliphatic rings. The first-order valence-corrected chi connectivity index (χ1v) is 5.98. The Morgan fingerprint density at radius 1 is 1.50 bits per heavy atom. The van der Waals surface area contributed by atoms with Gasteiger partial charge in [-0.2, -0.15) is 0 Å². The van der Waals surface area contributed by atoms with Gasteiger partial charge in [0.15, 0.2) is 0 Å². The Labute approximate surface area is 110 Å². The quantitative estimate of drug-likeness (QED) is 0.508. The molecule has 1 amide bonds. The Kier molecular flexibility index (Phi) is 4.67. The van der Waals surface area contributed by atoms with Crippen molar-refractivity contribution in [2.75, 3.05) is 12.4 Å². The maximum absolute atomic E-state index is 11.8. The summed E-state index contributed by atoms with van der Waals surface area (Å²) in [5.74, 6) is 0.0827. The van der Waals surface area contributed by atoms with Gasteiger partial charge in [0, 0.05) is 30.1 Å². The van der Waals surface area contributed by atoms with E-state index in [1.165, 1.54) is 24.3 Å². The molecule has 0 saturated carbocycles. The summed E-state index contributed by atoms with van der Waals surface area (Å²) in [5.41, 5.74) is -0.0355. The van der Waals surface area contributed by atoms with Gasteiger partial charge in [0.2, 0.25) is 0 Å². The molecule has 1 aromatic carbocycles. The lowest BCUT2D eigenvalue weighted by Gasteiger charge is -2.21. The molecule has 0 bridgehead atoms. The monoisotopic (exact) mass is 270 g/mol. The Morgan fingerprint density at radius 2 is 2.17 bits per heavy atom. The number of hydrogen-bond donors (Lipinski definition) is 1. The van der Waals surface area contributed by atoms with Crippen LogP contribution < -0.4 is 5.32 Å². The van der Waals surface area contributed by atoms with Crippen molar-refractivity contribution in [3.05, 3.63) is 39.9 Å². The second kappa shape index (κ2) is 5.82. The zero-order chi connectivity index (χ0) is 13.8. The van der Waals surface area contributed by atoms with Crippen LogP contribution in [0.15, 0.2) is 24.3 Å². The number of halogens is 1. The van der Waals surface area contributed by atoms with E-state index in [-0.39, 0.29) is 22.6 Å². The lowest BCUT2D eigenvalue weighted by molar-refractivity contribution is -0.384. The summed E-state index contributed by atoms with van der Waals surface area (Å²) < 4.78 is 0. The summed E-state index contributed by atoms with van der Waals surface area (Å²) in [7, 11) is 0. The van der Waals surface area contributed by atoms with Gasteiger partial charge in [0.25, 0.3) is 11.6 Å². The standard InChI is InChI=1S/C12H15ClN2O3/c1-12(2,7-13)8-14-11(16)9-4-3-5-10(6-9)15(17)18/h3-6H,7-8H2,1-2H3,(H,14,16). The molecule has 1 N–H and O–H groups in total. The minimum atomic E-state index is -0.528. The highest BCUT2D eigenvalue weighted by molar-refractivity contribution is 6.18. The SMILES string of the molecule is CC(C)(CCl)CNC(=O)c1cccc([N+](=O)[O-])c1. The molecule has 0 spiro atoms. The first-order chi connectivity index (χ1) is 8.35. The molecule has 6 heteroatoms. The number of carbonyl (C=O) groups excluding carboxylic acids is 1. The first kappa shape index (κ1) is 14.4. The lowest BCUT2D eigenvalue weighted by Crippen LogP contribution is -2.34. The van der Waals surface area contributed by atoms with Gasteiger partial charge in [-0.15, -0.1) is 11.6 Å². The number of rotatable bonds is 5. The number of hydrogen-bond acceptors (Lipinski definition) is 3. The fourth-order valence-corrected chi connectivity index (χ4v) is 1.32. The molecule has 0 atom stereocenters. The highest BCUT2D eigenvalue weighted by Gasteiger charge is 2.18. The first-order valence-electron chi connectivity index (χ1n) is 5.44. The number of benzene rings is 1. The van der Waals surface area contributed by atoms with Gasteiger partial charge >= 0.3 is 0 Å². The van der Waals surface area contributed by atoms with Crippen molar-refractivity contribution in [2.45, 2.75) is 13.8 Å². The maximum Gasteiger partial charge on any atom is 0.270 e. The van der Waals surface area contributed by atoms with Crippen LogP contribution in [0.1, 0.15) is 24.2 Å². The van der Waals surface area contributed by atoms with E-state index in [4.69, 9.17) is 11.6 Å². The van der Waals surface area contributed by atoms with Crippen molar-refractivity contribution in [3.8, 4) is 0 Å². The van der Waals surface area contributed by atoms with E-state index in [1.54, 1.807) is 0 Å². The lowest BCUT2D eigenvalue weighted by atomic mass is 9.96. The molecule has 1 aromatic rings. The number of amides is 1. The summed E-state index contributed by atoms with van der Waals surface area (Å²) in [5, 5.41) is 13.3. The predicted molar refractivity (Wildman–Crippen MR) is 69.9 cm³/mol. The van der Waals surface area contributed by atoms with Gasteiger partial charge < -0.3 is 5.32 Å². The number of nitrogens with zero attached hydrogens (tertiary/aromatic N) is 1. The molecule has 0 saturated heterocycles. The predicted octanol–water partition coefficient (Wildman–Crippen LogP) is 2.59. The number of alkyl halides is 1. The van der Waals surface area contributed by atoms with Gasteiger partial charge in [-0.3, -0.25) is 14.9 Å². The van der Waals surface area contributed by atoms with E-state index in [1.807, 2.05) is 13.8 Å². The fraction of sp³-hybridized carbons (Fsp3) is 0.417. The highest BCUT2D eigenvalue weighted by atomic mass is 35.5. The van der Waals surface area contributed by atoms with Crippen LogP contribution in [0.5, 0.6) is 0 Å². The Balaban J connectivity index is 2.73. The van der Waals surface area contributed by atoms with Crippen LogP contribution in [-0.2, 0) is 0 Å². The van der Waals surface area contributed by atoms with Gasteiger partial charge in [-0.25, -0.2) is 0 Å². The zero-order valence-electron chi connectivity index (χ0n) is 10.3. The van der Waals surface area contributed by atoms with Gasteiger partial charge in [-0.1, -0.05) is 19.9 Å². The third kappa shape index (κ3) is 4.00. The molecule has 0 radical (unpaired) electrons. The minimum Gasteiger partial charge on any atom is -0.351 e. The van der Waals surface area contributed by atoms with E-state index >= 15 is 0 Å². The maximum atomic E-state index is 11.8. The molecule has 0 heterocycles. The van der Waals surface area contributed by atoms with Crippen LogP contribution >= 0.6 is 11.6 Å². The molecule has 0 aliphatic heterocycles. The van der Waals surface area contributed by atoms with Crippen LogP contribution in [0, 0.1) is 15.5 Å². The van der Waals surface area contributed by atoms with Gasteiger partial charge in [0.1, 0.15) is 0 Å². The van der Waals surface area contributed by atoms with E-state index in [2.05, 4.69) is 5.32 Å². The van der Waals surface area contributed by atoms with Crippen LogP contribution in [0.25, 0.3) is 0 Å². The van der Waals surface area contributed by atoms with Crippen molar-refractivity contribution in [1.29, 1.82) is 0 Å². The van der Waals surface area contributed by atoms with E-state index < -0.39 is 4.92 Å². The summed E-state index contributed by atoms with van der Waals surface area (Å²) in [6.45, 7) is 4.26. The van der Waals surface area contributed by atoms with Crippen molar-refractivity contribution >= 4 is 23.2 Å². The third-order valence-corrected chi connectivity index (χ3v) is 3.13. The van der Waals surface area contributed by atoms with Crippen molar-refractivity contribution in [3.63, 3.8) is 0 Å². The largest absolute Gasteiger partial charge is 0.351 e. The second-order valence-electron chi connectivity index (χ2n) is 4.79. The second-order valence-corrected chi connectivity index (χ2v) is 5.06. The summed E-state index contributed by atoms with van der Waals surface area (Å²) in [6.07, 6.45) is 0. The molecule has 18 heavy (non-hydrogen) atoms. The van der Waals surface area contributed by atoms with Crippen LogP contribution in [-0.4, -0.2) is 23.3 Å². The molecular weight excluding hydrogens is 256 g/mol. The minimum absolute atomic E-state index is 0.0979. The zero-order valence-corrected chi connectivity index (χ0v) is 11.0. The Hall–Kier alpha value is -1.62. The number of nitro groups is 1. The topological polar surface area (TPSA) is 72.2 Å². The molecular formula is C12H15ClN2O3. The van der Waals surface area contributed by atoms with E-state index in [9.17, 15) is 14.9 Å². The summed E-state index contributed by atoms with van der Waals surface area (Å²) >= 11 is 5.75. The third-order valence-electron chi connectivity index (χ3n) is 2.41. The highest BCUT2D eigenvalue weighted by Crippen LogP contribution is 2.16. The van der Waals surface area contributed by atoms with E-state index in [0.29, 0.717) is 12.4 Å². The number of nitrogens with one attached hydrogen (secondary N) is 1. The van der Waals surface area contributed by atoms with Crippen LogP contribution in [0.4, 0.5) is 5.69 Å². The van der Waals surface area contributed by atoms with E-state index in [0.717, 1.165) is 0 Å². The Bertz CT molecular complexity index is 460. The molecule has 98 valence electrons. The van der Waals surface area contributed by atoms with Crippen molar-refractivity contribution in [1.82, 2.24) is 5.32 Å². The van der Waals surface area contributed by atoms with Gasteiger partial charge in [-0.05, 0) is 11.5 Å². The molecule has 0 unspecified atom stereocenters. The Morgan fingerprint density at radius 3 is 2.72 bits per heavy atom. The molecule has 0 aliphatic carbocycles. The summed E-state index contributed by atoms with van der Waals surface area (Å²) in [6, 6.07) is 5.62. The number of non-ortho nitro benzene ring substituents is 1. The van der Waals surface area contributed by atoms with Crippen molar-refractivity contribution < 1.29 is 9.72 Å². The molecule has 0 aromatic heterocycles. The molecule has 1 rings (SSSR count). The summed E-state index contributed by atoms with van der Waals surface area (Å²) in [4.78, 5) is 21.9. The smallest absolute Gasteiger partial charge is 0.270 e. The molecule has 0 fully saturated rings. The number of nitro benzene ring substituents is 1. The number of carbonyl (C=O) groups is 1. The normalized spacial score (nSPS) is 11.1. The van der Waals surface area contributed by atoms with Crippen molar-refractivity contribution in [2.24, 2.45) is 5.41 Å². The van der Waals surface area contributed by atoms with Crippen LogP contribution in [0.3, 0.4) is 0 Å². The van der Waals surface area contributed by atoms with Crippen LogP contribution in [0.2, 0.25) is 0 Å². The fourth-order valence-electron chi connectivity index (χ4n) is 1.23. The van der Waals surface area contributed by atoms with Gasteiger partial charge in [0.05, 0.1) is 4.92 Å². The average Bonchev–Trinajstić information content (AvgIpc) is 2.36.